The van der Waals surface area contributed by atoms with E-state index in [1.807, 2.05) is 32.0 Å². The van der Waals surface area contributed by atoms with Crippen molar-refractivity contribution in [3.63, 3.8) is 0 Å². The molecule has 0 saturated carbocycles. The Morgan fingerprint density at radius 2 is 1.93 bits per heavy atom. The molecule has 2 aromatic rings. The van der Waals surface area contributed by atoms with Crippen LogP contribution in [0.3, 0.4) is 0 Å². The van der Waals surface area contributed by atoms with E-state index in [2.05, 4.69) is 15.5 Å². The molecule has 1 atom stereocenters. The number of amides is 1. The van der Waals surface area contributed by atoms with E-state index in [4.69, 9.17) is 9.15 Å². The molecule has 9 heteroatoms. The number of ether oxygens (including phenoxy) is 1. The zero-order valence-corrected chi connectivity index (χ0v) is 17.2. The van der Waals surface area contributed by atoms with E-state index in [1.54, 1.807) is 27.7 Å². The Kier molecular flexibility index (Phi) is 5.94. The van der Waals surface area contributed by atoms with Gasteiger partial charge in [-0.15, -0.1) is 5.10 Å². The van der Waals surface area contributed by atoms with Crippen LogP contribution in [0, 0.1) is 13.8 Å². The number of hydrogen-bond donors (Lipinski definition) is 1. The maximum Gasteiger partial charge on any atom is 0.408 e. The molecule has 1 N–H and O–H groups in total. The van der Waals surface area contributed by atoms with Gasteiger partial charge in [-0.1, -0.05) is 28.9 Å². The topological polar surface area (TPSA) is 111 Å². The number of nitrogens with zero attached hydrogens (tertiary/aromatic N) is 2. The van der Waals surface area contributed by atoms with Crippen molar-refractivity contribution in [3.05, 3.63) is 40.8 Å². The number of aryl methyl sites for hydroxylation is 2. The highest BCUT2D eigenvalue weighted by Crippen LogP contribution is 2.21. The number of alkyl carbamates (subject to hydrolysis) is 1. The molecule has 1 aromatic carbocycles. The Morgan fingerprint density at radius 1 is 1.26 bits per heavy atom. The van der Waals surface area contributed by atoms with Crippen molar-refractivity contribution in [1.82, 2.24) is 15.5 Å². The van der Waals surface area contributed by atoms with Crippen molar-refractivity contribution in [3.8, 4) is 0 Å². The van der Waals surface area contributed by atoms with Gasteiger partial charge in [0.25, 0.3) is 0 Å². The normalized spacial score (nSPS) is 13.3. The summed E-state index contributed by atoms with van der Waals surface area (Å²) in [6, 6.07) is 4.90. The number of rotatable bonds is 5. The summed E-state index contributed by atoms with van der Waals surface area (Å²) in [6.45, 7) is 10.5. The molecule has 8 nitrogen and oxygen atoms in total. The quantitative estimate of drug-likeness (QED) is 0.827. The second-order valence-corrected chi connectivity index (χ2v) is 9.33. The fourth-order valence-corrected chi connectivity index (χ4v) is 3.51. The molecule has 0 radical (unpaired) electrons. The molecular weight excluding hydrogens is 370 g/mol. The van der Waals surface area contributed by atoms with Gasteiger partial charge in [0.2, 0.25) is 15.7 Å². The van der Waals surface area contributed by atoms with Crippen molar-refractivity contribution < 1.29 is 22.4 Å². The van der Waals surface area contributed by atoms with E-state index < -0.39 is 32.8 Å². The molecule has 0 fully saturated rings. The van der Waals surface area contributed by atoms with Gasteiger partial charge in [0.05, 0.1) is 5.75 Å². The summed E-state index contributed by atoms with van der Waals surface area (Å²) in [7, 11) is -3.81. The highest BCUT2D eigenvalue weighted by Gasteiger charge is 2.27. The van der Waals surface area contributed by atoms with Crippen molar-refractivity contribution >= 4 is 15.9 Å². The molecule has 0 aliphatic carbocycles. The van der Waals surface area contributed by atoms with Crippen LogP contribution in [0.4, 0.5) is 4.79 Å². The van der Waals surface area contributed by atoms with Crippen molar-refractivity contribution in [2.24, 2.45) is 0 Å². The highest BCUT2D eigenvalue weighted by atomic mass is 32.2. The van der Waals surface area contributed by atoms with Crippen LogP contribution >= 0.6 is 0 Å². The average Bonchev–Trinajstić information content (AvgIpc) is 2.99. The first-order valence-corrected chi connectivity index (χ1v) is 10.1. The largest absolute Gasteiger partial charge is 0.444 e. The van der Waals surface area contributed by atoms with Crippen LogP contribution in [0.2, 0.25) is 0 Å². The van der Waals surface area contributed by atoms with Crippen LogP contribution < -0.4 is 5.32 Å². The number of hydrogen-bond acceptors (Lipinski definition) is 7. The second-order valence-electron chi connectivity index (χ2n) is 7.46. The molecule has 0 spiro atoms. The molecule has 27 heavy (non-hydrogen) atoms. The first kappa shape index (κ1) is 20.9. The zero-order valence-electron chi connectivity index (χ0n) is 16.4. The Morgan fingerprint density at radius 3 is 2.56 bits per heavy atom. The summed E-state index contributed by atoms with van der Waals surface area (Å²) < 4.78 is 35.7. The zero-order chi connectivity index (χ0) is 20.4. The molecule has 1 aromatic heterocycles. The van der Waals surface area contributed by atoms with E-state index >= 15 is 0 Å². The molecular formula is C18H25N3O5S. The van der Waals surface area contributed by atoms with E-state index in [1.165, 1.54) is 0 Å². The van der Waals surface area contributed by atoms with Gasteiger partial charge in [-0.05, 0) is 52.7 Å². The summed E-state index contributed by atoms with van der Waals surface area (Å²) in [5.74, 6) is -0.254. The number of aromatic nitrogens is 2. The number of nitrogens with one attached hydrogen (secondary N) is 1. The summed E-state index contributed by atoms with van der Waals surface area (Å²) in [5.41, 5.74) is 1.85. The molecule has 2 rings (SSSR count). The molecule has 1 unspecified atom stereocenters. The predicted molar refractivity (Wildman–Crippen MR) is 98.9 cm³/mol. The van der Waals surface area contributed by atoms with Crippen LogP contribution in [0.15, 0.2) is 27.8 Å². The van der Waals surface area contributed by atoms with Crippen LogP contribution in [0.5, 0.6) is 0 Å². The standard InChI is InChI=1S/C18H25N3O5S/c1-11-7-8-12(2)14(9-11)10-27(23,24)17-21-20-15(25-17)13(3)19-16(22)26-18(4,5)6/h7-9,13H,10H2,1-6H3,(H,19,22). The van der Waals surface area contributed by atoms with Crippen molar-refractivity contribution in [2.75, 3.05) is 0 Å². The monoisotopic (exact) mass is 395 g/mol. The van der Waals surface area contributed by atoms with E-state index in [9.17, 15) is 13.2 Å². The highest BCUT2D eigenvalue weighted by molar-refractivity contribution is 7.90. The van der Waals surface area contributed by atoms with Crippen LogP contribution in [0.25, 0.3) is 0 Å². The summed E-state index contributed by atoms with van der Waals surface area (Å²) in [5, 5.41) is 9.45. The fourth-order valence-electron chi connectivity index (χ4n) is 2.29. The predicted octanol–water partition coefficient (Wildman–Crippen LogP) is 3.25. The summed E-state index contributed by atoms with van der Waals surface area (Å²) >= 11 is 0. The first-order valence-electron chi connectivity index (χ1n) is 8.49. The third-order valence-corrected chi connectivity index (χ3v) is 5.03. The van der Waals surface area contributed by atoms with Crippen LogP contribution in [0.1, 0.15) is 56.3 Å². The van der Waals surface area contributed by atoms with Gasteiger partial charge in [-0.25, -0.2) is 13.2 Å². The second kappa shape index (κ2) is 7.67. The first-order chi connectivity index (χ1) is 12.4. The van der Waals surface area contributed by atoms with Gasteiger partial charge in [-0.3, -0.25) is 0 Å². The van der Waals surface area contributed by atoms with Crippen molar-refractivity contribution in [2.45, 2.75) is 64.2 Å². The lowest BCUT2D eigenvalue weighted by Gasteiger charge is -2.20. The van der Waals surface area contributed by atoms with E-state index in [0.717, 1.165) is 11.1 Å². The third kappa shape index (κ3) is 5.78. The molecule has 0 aliphatic heterocycles. The minimum atomic E-state index is -3.81. The number of carbonyl (C=O) groups excluding carboxylic acids is 1. The van der Waals surface area contributed by atoms with Crippen molar-refractivity contribution in [1.29, 1.82) is 0 Å². The van der Waals surface area contributed by atoms with Gasteiger partial charge in [-0.2, -0.15) is 0 Å². The molecule has 0 bridgehead atoms. The molecule has 148 valence electrons. The van der Waals surface area contributed by atoms with Crippen LogP contribution in [-0.2, 0) is 20.3 Å². The number of sulfone groups is 1. The minimum absolute atomic E-state index is 0.0135. The lowest BCUT2D eigenvalue weighted by molar-refractivity contribution is 0.0500. The lowest BCUT2D eigenvalue weighted by Crippen LogP contribution is -2.34. The SMILES string of the molecule is Cc1ccc(C)c(CS(=O)(=O)c2nnc(C(C)NC(=O)OC(C)(C)C)o2)c1. The van der Waals surface area contributed by atoms with Gasteiger partial charge in [0.1, 0.15) is 11.6 Å². The number of carbonyl (C=O) groups is 1. The van der Waals surface area contributed by atoms with Gasteiger partial charge in [0, 0.05) is 0 Å². The molecule has 1 amide bonds. The van der Waals surface area contributed by atoms with Gasteiger partial charge < -0.3 is 14.5 Å². The lowest BCUT2D eigenvalue weighted by atomic mass is 10.1. The maximum atomic E-state index is 12.6. The molecule has 1 heterocycles. The Balaban J connectivity index is 2.13. The molecule has 0 aliphatic rings. The molecule has 0 saturated heterocycles. The third-order valence-electron chi connectivity index (χ3n) is 3.64. The Bertz CT molecular complexity index is 929. The number of benzene rings is 1. The van der Waals surface area contributed by atoms with Gasteiger partial charge >= 0.3 is 11.3 Å². The average molecular weight is 395 g/mol. The van der Waals surface area contributed by atoms with E-state index in [-0.39, 0.29) is 11.6 Å². The Labute approximate surface area is 159 Å². The van der Waals surface area contributed by atoms with Crippen LogP contribution in [-0.4, -0.2) is 30.3 Å². The Hall–Kier alpha value is -2.42. The fraction of sp³-hybridized carbons (Fsp3) is 0.500. The van der Waals surface area contributed by atoms with Gasteiger partial charge in [0.15, 0.2) is 0 Å². The minimum Gasteiger partial charge on any atom is -0.444 e. The van der Waals surface area contributed by atoms with E-state index in [0.29, 0.717) is 5.56 Å². The summed E-state index contributed by atoms with van der Waals surface area (Å²) in [6.07, 6.45) is -0.659. The summed E-state index contributed by atoms with van der Waals surface area (Å²) in [4.78, 5) is 11.8. The smallest absolute Gasteiger partial charge is 0.408 e. The maximum absolute atomic E-state index is 12.6.